The Morgan fingerprint density at radius 1 is 1.53 bits per heavy atom. The minimum atomic E-state index is -0.767. The average Bonchev–Trinajstić information content (AvgIpc) is 3.16. The molecule has 3 N–H and O–H groups in total. The molecule has 1 aromatic heterocycles. The van der Waals surface area contributed by atoms with Crippen molar-refractivity contribution in [2.75, 3.05) is 12.9 Å². The molecule has 0 spiro atoms. The fourth-order valence-electron chi connectivity index (χ4n) is 1.58. The number of nitrogens with two attached hydrogens (primary N) is 1. The van der Waals surface area contributed by atoms with E-state index in [1.807, 2.05) is 4.57 Å². The molecule has 1 aliphatic rings. The Hall–Kier alpha value is -1.61. The second kappa shape index (κ2) is 6.02. The highest BCUT2D eigenvalue weighted by molar-refractivity contribution is 7.99. The second-order valence-electron chi connectivity index (χ2n) is 4.03. The molecule has 1 fully saturated rings. The summed E-state index contributed by atoms with van der Waals surface area (Å²) in [4.78, 5) is 22.3. The van der Waals surface area contributed by atoms with Crippen LogP contribution < -0.4 is 11.1 Å². The Labute approximate surface area is 114 Å². The van der Waals surface area contributed by atoms with Crippen LogP contribution in [0.3, 0.4) is 0 Å². The van der Waals surface area contributed by atoms with Crippen LogP contribution in [-0.2, 0) is 16.1 Å². The monoisotopic (exact) mass is 285 g/mol. The summed E-state index contributed by atoms with van der Waals surface area (Å²) in [7, 11) is 1.20. The maximum absolute atomic E-state index is 11.4. The number of hydrogen-bond acceptors (Lipinski definition) is 7. The van der Waals surface area contributed by atoms with Crippen LogP contribution >= 0.6 is 11.8 Å². The van der Waals surface area contributed by atoms with Gasteiger partial charge < -0.3 is 15.0 Å². The maximum atomic E-state index is 11.4. The van der Waals surface area contributed by atoms with E-state index in [1.165, 1.54) is 18.9 Å². The number of hydrogen-bond donors (Lipinski definition) is 2. The van der Waals surface area contributed by atoms with Gasteiger partial charge in [-0.05, 0) is 12.8 Å². The van der Waals surface area contributed by atoms with Gasteiger partial charge in [0, 0.05) is 6.04 Å². The number of alkyl carbamates (subject to hydrolysis) is 1. The van der Waals surface area contributed by atoms with Gasteiger partial charge in [-0.2, -0.15) is 0 Å². The first-order chi connectivity index (χ1) is 9.15. The summed E-state index contributed by atoms with van der Waals surface area (Å²) in [6.45, 7) is 0.318. The van der Waals surface area contributed by atoms with Gasteiger partial charge in [-0.25, -0.2) is 4.79 Å². The van der Waals surface area contributed by atoms with Gasteiger partial charge in [0.2, 0.25) is 5.91 Å². The SMILES string of the molecule is COC(=O)NC(=O)CSc1nnc(CN)n1C1CC1. The molecule has 1 aromatic rings. The summed E-state index contributed by atoms with van der Waals surface area (Å²) in [6.07, 6.45) is 1.39. The van der Waals surface area contributed by atoms with Gasteiger partial charge >= 0.3 is 6.09 Å². The first-order valence-electron chi connectivity index (χ1n) is 5.80. The third kappa shape index (κ3) is 3.44. The van der Waals surface area contributed by atoms with Gasteiger partial charge in [-0.1, -0.05) is 11.8 Å². The zero-order valence-electron chi connectivity index (χ0n) is 10.5. The second-order valence-corrected chi connectivity index (χ2v) is 4.98. The predicted octanol–water partition coefficient (Wildman–Crippen LogP) is 0.0464. The van der Waals surface area contributed by atoms with Gasteiger partial charge in [0.25, 0.3) is 0 Å². The molecule has 0 bridgehead atoms. The summed E-state index contributed by atoms with van der Waals surface area (Å²) < 4.78 is 6.30. The Kier molecular flexibility index (Phi) is 4.38. The quantitative estimate of drug-likeness (QED) is 0.735. The Bertz CT molecular complexity index is 486. The van der Waals surface area contributed by atoms with E-state index < -0.39 is 12.0 Å². The minimum Gasteiger partial charge on any atom is -0.453 e. The standard InChI is InChI=1S/C10H15N5O3S/c1-18-10(17)12-8(16)5-19-9-14-13-7(4-11)15(9)6-2-3-6/h6H,2-5,11H2,1H3,(H,12,16,17). The molecule has 9 heteroatoms. The van der Waals surface area contributed by atoms with E-state index in [0.717, 1.165) is 18.7 Å². The molecule has 0 aliphatic heterocycles. The van der Waals surface area contributed by atoms with E-state index in [2.05, 4.69) is 20.3 Å². The number of amides is 2. The number of nitrogens with one attached hydrogen (secondary N) is 1. The third-order valence-corrected chi connectivity index (χ3v) is 3.53. The Morgan fingerprint density at radius 2 is 2.26 bits per heavy atom. The van der Waals surface area contributed by atoms with Crippen molar-refractivity contribution in [3.8, 4) is 0 Å². The van der Waals surface area contributed by atoms with Gasteiger partial charge in [0.15, 0.2) is 5.16 Å². The average molecular weight is 285 g/mol. The summed E-state index contributed by atoms with van der Waals surface area (Å²) >= 11 is 1.23. The zero-order chi connectivity index (χ0) is 13.8. The van der Waals surface area contributed by atoms with Gasteiger partial charge in [0.1, 0.15) is 5.82 Å². The molecule has 0 aromatic carbocycles. The molecule has 0 saturated heterocycles. The number of carbonyl (C=O) groups excluding carboxylic acids is 2. The van der Waals surface area contributed by atoms with Crippen LogP contribution in [-0.4, -0.2) is 39.6 Å². The fraction of sp³-hybridized carbons (Fsp3) is 0.600. The first-order valence-corrected chi connectivity index (χ1v) is 6.78. The predicted molar refractivity (Wildman–Crippen MR) is 67.5 cm³/mol. The van der Waals surface area contributed by atoms with Crippen molar-refractivity contribution in [1.82, 2.24) is 20.1 Å². The van der Waals surface area contributed by atoms with Gasteiger partial charge in [-0.15, -0.1) is 10.2 Å². The highest BCUT2D eigenvalue weighted by Gasteiger charge is 2.29. The van der Waals surface area contributed by atoms with E-state index in [4.69, 9.17) is 5.73 Å². The van der Waals surface area contributed by atoms with E-state index in [-0.39, 0.29) is 5.75 Å². The van der Waals surface area contributed by atoms with Crippen molar-refractivity contribution in [2.24, 2.45) is 5.73 Å². The Morgan fingerprint density at radius 3 is 2.84 bits per heavy atom. The summed E-state index contributed by atoms with van der Waals surface area (Å²) in [5.74, 6) is 0.361. The summed E-state index contributed by atoms with van der Waals surface area (Å²) in [5, 5.41) is 10.8. The van der Waals surface area contributed by atoms with Crippen LogP contribution in [0.15, 0.2) is 5.16 Å². The van der Waals surface area contributed by atoms with E-state index in [9.17, 15) is 9.59 Å². The highest BCUT2D eigenvalue weighted by atomic mass is 32.2. The molecule has 0 atom stereocenters. The number of imide groups is 1. The summed E-state index contributed by atoms with van der Waals surface area (Å²) in [5.41, 5.74) is 5.60. The number of aromatic nitrogens is 3. The summed E-state index contributed by atoms with van der Waals surface area (Å²) in [6, 6.07) is 0.389. The van der Waals surface area contributed by atoms with Crippen LogP contribution in [0.5, 0.6) is 0 Å². The lowest BCUT2D eigenvalue weighted by Gasteiger charge is -2.07. The zero-order valence-corrected chi connectivity index (χ0v) is 11.3. The van der Waals surface area contributed by atoms with E-state index in [1.54, 1.807) is 0 Å². The number of rotatable bonds is 5. The molecule has 2 amide bonds. The molecule has 2 rings (SSSR count). The lowest BCUT2D eigenvalue weighted by molar-refractivity contribution is -0.117. The van der Waals surface area contributed by atoms with Crippen molar-refractivity contribution in [3.63, 3.8) is 0 Å². The first kappa shape index (κ1) is 13.8. The molecule has 19 heavy (non-hydrogen) atoms. The van der Waals surface area contributed by atoms with Crippen LogP contribution in [0.1, 0.15) is 24.7 Å². The van der Waals surface area contributed by atoms with Crippen LogP contribution in [0.4, 0.5) is 4.79 Å². The van der Waals surface area contributed by atoms with Gasteiger partial charge in [0.05, 0.1) is 19.4 Å². The largest absolute Gasteiger partial charge is 0.453 e. The number of thioether (sulfide) groups is 1. The molecule has 0 unspecified atom stereocenters. The van der Waals surface area contributed by atoms with E-state index >= 15 is 0 Å². The molecule has 1 saturated carbocycles. The van der Waals surface area contributed by atoms with Gasteiger partial charge in [-0.3, -0.25) is 10.1 Å². The normalized spacial score (nSPS) is 14.2. The van der Waals surface area contributed by atoms with E-state index in [0.29, 0.717) is 17.7 Å². The molecule has 8 nitrogen and oxygen atoms in total. The molecular weight excluding hydrogens is 270 g/mol. The van der Waals surface area contributed by atoms with Crippen molar-refractivity contribution in [3.05, 3.63) is 5.82 Å². The molecular formula is C10H15N5O3S. The topological polar surface area (TPSA) is 112 Å². The number of methoxy groups -OCH3 is 1. The van der Waals surface area contributed by atoms with Crippen LogP contribution in [0.25, 0.3) is 0 Å². The lowest BCUT2D eigenvalue weighted by atomic mass is 10.5. The Balaban J connectivity index is 1.94. The molecule has 1 aliphatic carbocycles. The number of ether oxygens (including phenoxy) is 1. The van der Waals surface area contributed by atoms with Crippen molar-refractivity contribution >= 4 is 23.8 Å². The van der Waals surface area contributed by atoms with Crippen molar-refractivity contribution in [1.29, 1.82) is 0 Å². The molecule has 0 radical (unpaired) electrons. The highest BCUT2D eigenvalue weighted by Crippen LogP contribution is 2.38. The number of carbonyl (C=O) groups is 2. The van der Waals surface area contributed by atoms with Crippen molar-refractivity contribution < 1.29 is 14.3 Å². The molecule has 1 heterocycles. The number of nitrogens with zero attached hydrogens (tertiary/aromatic N) is 3. The maximum Gasteiger partial charge on any atom is 0.413 e. The molecule has 104 valence electrons. The lowest BCUT2D eigenvalue weighted by Crippen LogP contribution is -2.31. The van der Waals surface area contributed by atoms with Crippen LogP contribution in [0.2, 0.25) is 0 Å². The van der Waals surface area contributed by atoms with Crippen molar-refractivity contribution in [2.45, 2.75) is 30.6 Å². The third-order valence-electron chi connectivity index (χ3n) is 2.59. The fourth-order valence-corrected chi connectivity index (χ4v) is 2.40. The van der Waals surface area contributed by atoms with Crippen LogP contribution in [0, 0.1) is 0 Å². The minimum absolute atomic E-state index is 0.0739. The smallest absolute Gasteiger partial charge is 0.413 e.